The number of rotatable bonds is 0. The van der Waals surface area contributed by atoms with Crippen molar-refractivity contribution in [1.82, 2.24) is 9.80 Å². The number of hydrogen-bond donors (Lipinski definition) is 0. The lowest BCUT2D eigenvalue weighted by atomic mass is 10.6. The van der Waals surface area contributed by atoms with Crippen molar-refractivity contribution in [2.24, 2.45) is 0 Å². The van der Waals surface area contributed by atoms with Crippen LogP contribution < -0.4 is 0 Å². The topological polar surface area (TPSA) is 38.0 Å². The van der Waals surface area contributed by atoms with Gasteiger partial charge in [0, 0.05) is 13.1 Å². The Morgan fingerprint density at radius 1 is 1.22 bits per heavy atom. The lowest BCUT2D eigenvalue weighted by Gasteiger charge is -2.16. The summed E-state index contributed by atoms with van der Waals surface area (Å²) < 4.78 is 0. The monoisotopic (exact) mass is 152 g/mol. The third kappa shape index (κ3) is 1.79. The van der Waals surface area contributed by atoms with E-state index in [9.17, 15) is 0 Å². The van der Waals surface area contributed by atoms with E-state index in [1.54, 1.807) is 0 Å². The predicted octanol–water partition coefficient (Wildman–Crippen LogP) is -0.439. The summed E-state index contributed by atoms with van der Waals surface area (Å²) in [6.45, 7) is 2.18. The van der Waals surface area contributed by atoms with Gasteiger partial charge in [0.15, 0.2) is 0 Å². The molecule has 1 rings (SSSR count). The van der Waals surface area contributed by atoms with Gasteiger partial charge in [-0.1, -0.05) is 11.6 Å². The summed E-state index contributed by atoms with van der Waals surface area (Å²) in [7, 11) is 4.06. The Morgan fingerprint density at radius 2 is 1.56 bits per heavy atom. The summed E-state index contributed by atoms with van der Waals surface area (Å²) in [5.41, 5.74) is 0.120. The van der Waals surface area contributed by atoms with Crippen LogP contribution in [0.4, 0.5) is 0 Å². The molecule has 0 aromatic rings. The van der Waals surface area contributed by atoms with Crippen LogP contribution in [0.3, 0.4) is 0 Å². The summed E-state index contributed by atoms with van der Waals surface area (Å²) in [6, 6.07) is 0. The predicted molar refractivity (Wildman–Crippen MR) is 38.5 cm³/mol. The fourth-order valence-corrected chi connectivity index (χ4v) is 1.06. The summed E-state index contributed by atoms with van der Waals surface area (Å²) in [4.78, 5) is 4.23. The van der Waals surface area contributed by atoms with E-state index < -0.39 is 0 Å². The molecular formula is C5H13ClN2O. The molecule has 0 aliphatic carbocycles. The fourth-order valence-electron chi connectivity index (χ4n) is 0.865. The molecule has 0 radical (unpaired) electrons. The molecule has 1 saturated heterocycles. The number of alkyl halides is 1. The third-order valence-electron chi connectivity index (χ3n) is 1.53. The van der Waals surface area contributed by atoms with Gasteiger partial charge < -0.3 is 5.48 Å². The smallest absolute Gasteiger partial charge is 0.139 e. The zero-order valence-corrected chi connectivity index (χ0v) is 6.52. The van der Waals surface area contributed by atoms with E-state index in [2.05, 4.69) is 9.80 Å². The second kappa shape index (κ2) is 3.37. The van der Waals surface area contributed by atoms with Crippen LogP contribution in [0.15, 0.2) is 0 Å². The lowest BCUT2D eigenvalue weighted by Crippen LogP contribution is -2.28. The molecule has 0 spiro atoms. The number of hydrogen-bond acceptors (Lipinski definition) is 2. The lowest BCUT2D eigenvalue weighted by molar-refractivity contribution is 0.273. The Morgan fingerprint density at radius 3 is 1.67 bits per heavy atom. The van der Waals surface area contributed by atoms with E-state index in [-0.39, 0.29) is 11.1 Å². The van der Waals surface area contributed by atoms with Gasteiger partial charge in [-0.3, -0.25) is 9.80 Å². The minimum absolute atomic E-state index is 0. The molecular weight excluding hydrogens is 140 g/mol. The molecule has 0 atom stereocenters. The maximum atomic E-state index is 5.86. The van der Waals surface area contributed by atoms with Crippen molar-refractivity contribution in [3.05, 3.63) is 0 Å². The van der Waals surface area contributed by atoms with Gasteiger partial charge >= 0.3 is 0 Å². The first kappa shape index (κ1) is 9.17. The number of likely N-dealkylation sites (N-methyl/N-ethyl adjacent to an activating group) is 2. The highest BCUT2D eigenvalue weighted by Crippen LogP contribution is 2.12. The zero-order chi connectivity index (χ0) is 6.15. The second-order valence-corrected chi connectivity index (χ2v) is 2.66. The van der Waals surface area contributed by atoms with Crippen LogP contribution in [-0.2, 0) is 0 Å². The second-order valence-electron chi connectivity index (χ2n) is 2.27. The Hall–Kier alpha value is 0.170. The first-order chi connectivity index (χ1) is 3.72. The molecule has 1 fully saturated rings. The molecule has 0 aromatic heterocycles. The molecule has 56 valence electrons. The molecule has 1 aliphatic heterocycles. The largest absolute Gasteiger partial charge is 0.412 e. The zero-order valence-electron chi connectivity index (χ0n) is 5.76. The van der Waals surface area contributed by atoms with Gasteiger partial charge in [0.25, 0.3) is 0 Å². The van der Waals surface area contributed by atoms with E-state index in [4.69, 9.17) is 11.6 Å². The molecule has 1 aliphatic rings. The van der Waals surface area contributed by atoms with Gasteiger partial charge in [-0.2, -0.15) is 0 Å². The number of halogens is 1. The van der Waals surface area contributed by atoms with Crippen molar-refractivity contribution in [1.29, 1.82) is 0 Å². The quantitative estimate of drug-likeness (QED) is 0.349. The molecule has 2 N–H and O–H groups in total. The van der Waals surface area contributed by atoms with Gasteiger partial charge in [-0.15, -0.1) is 0 Å². The third-order valence-corrected chi connectivity index (χ3v) is 2.20. The van der Waals surface area contributed by atoms with E-state index in [1.807, 2.05) is 14.1 Å². The van der Waals surface area contributed by atoms with E-state index in [0.717, 1.165) is 13.1 Å². The SMILES string of the molecule is CN1CCN(C)C1Cl.O. The summed E-state index contributed by atoms with van der Waals surface area (Å²) in [6.07, 6.45) is 0. The molecule has 0 unspecified atom stereocenters. The average molecular weight is 153 g/mol. The summed E-state index contributed by atoms with van der Waals surface area (Å²) in [5.74, 6) is 0. The molecule has 0 bridgehead atoms. The van der Waals surface area contributed by atoms with Crippen LogP contribution >= 0.6 is 11.6 Å². The maximum Gasteiger partial charge on any atom is 0.139 e. The highest BCUT2D eigenvalue weighted by atomic mass is 35.5. The maximum absolute atomic E-state index is 5.86. The van der Waals surface area contributed by atoms with E-state index in [0.29, 0.717) is 0 Å². The van der Waals surface area contributed by atoms with Crippen LogP contribution in [0.25, 0.3) is 0 Å². The Bertz CT molecular complexity index is 81.0. The Kier molecular flexibility index (Phi) is 3.43. The van der Waals surface area contributed by atoms with Gasteiger partial charge in [0.2, 0.25) is 0 Å². The first-order valence-electron chi connectivity index (χ1n) is 2.76. The van der Waals surface area contributed by atoms with Crippen molar-refractivity contribution in [2.45, 2.75) is 5.62 Å². The van der Waals surface area contributed by atoms with Gasteiger partial charge in [0.05, 0.1) is 0 Å². The van der Waals surface area contributed by atoms with Crippen LogP contribution in [0.2, 0.25) is 0 Å². The molecule has 0 saturated carbocycles. The molecule has 1 heterocycles. The minimum atomic E-state index is 0. The molecule has 3 nitrogen and oxygen atoms in total. The van der Waals surface area contributed by atoms with Crippen LogP contribution in [-0.4, -0.2) is 48.1 Å². The summed E-state index contributed by atoms with van der Waals surface area (Å²) >= 11 is 5.86. The Balaban J connectivity index is 0.000000640. The van der Waals surface area contributed by atoms with Crippen molar-refractivity contribution >= 4 is 11.6 Å². The van der Waals surface area contributed by atoms with Crippen molar-refractivity contribution in [2.75, 3.05) is 27.2 Å². The van der Waals surface area contributed by atoms with Crippen molar-refractivity contribution < 1.29 is 5.48 Å². The van der Waals surface area contributed by atoms with Gasteiger partial charge in [-0.05, 0) is 14.1 Å². The molecule has 0 amide bonds. The Labute approximate surface area is 60.5 Å². The number of nitrogens with zero attached hydrogens (tertiary/aromatic N) is 2. The summed E-state index contributed by atoms with van der Waals surface area (Å²) in [5, 5.41) is 0. The van der Waals surface area contributed by atoms with Crippen LogP contribution in [0.5, 0.6) is 0 Å². The molecule has 0 aromatic carbocycles. The molecule has 9 heavy (non-hydrogen) atoms. The van der Waals surface area contributed by atoms with E-state index in [1.165, 1.54) is 0 Å². The van der Waals surface area contributed by atoms with Crippen LogP contribution in [0.1, 0.15) is 0 Å². The highest BCUT2D eigenvalue weighted by molar-refractivity contribution is 6.20. The van der Waals surface area contributed by atoms with E-state index >= 15 is 0 Å². The van der Waals surface area contributed by atoms with Crippen molar-refractivity contribution in [3.63, 3.8) is 0 Å². The van der Waals surface area contributed by atoms with Gasteiger partial charge in [0.1, 0.15) is 5.62 Å². The minimum Gasteiger partial charge on any atom is -0.412 e. The highest BCUT2D eigenvalue weighted by Gasteiger charge is 2.22. The normalized spacial score (nSPS) is 24.3. The average Bonchev–Trinajstić information content (AvgIpc) is 1.98. The first-order valence-corrected chi connectivity index (χ1v) is 3.20. The van der Waals surface area contributed by atoms with Crippen molar-refractivity contribution in [3.8, 4) is 0 Å². The molecule has 4 heteroatoms. The fraction of sp³-hybridized carbons (Fsp3) is 1.00. The standard InChI is InChI=1S/C5H11ClN2.H2O/c1-7-3-4-8(2)5(7)6;/h5H,3-4H2,1-2H3;1H2. The van der Waals surface area contributed by atoms with Crippen LogP contribution in [0, 0.1) is 0 Å². The van der Waals surface area contributed by atoms with Gasteiger partial charge in [-0.25, -0.2) is 0 Å².